The van der Waals surface area contributed by atoms with Crippen LogP contribution in [0.4, 0.5) is 5.82 Å². The van der Waals surface area contributed by atoms with Crippen molar-refractivity contribution in [2.45, 2.75) is 6.42 Å². The molecule has 1 aliphatic heterocycles. The van der Waals surface area contributed by atoms with Crippen molar-refractivity contribution in [3.8, 4) is 0 Å². The number of hydrogen-bond donors (Lipinski definition) is 1. The van der Waals surface area contributed by atoms with Gasteiger partial charge < -0.3 is 10.0 Å². The van der Waals surface area contributed by atoms with Crippen LogP contribution in [-0.2, 0) is 0 Å². The van der Waals surface area contributed by atoms with Crippen molar-refractivity contribution in [1.29, 1.82) is 0 Å². The van der Waals surface area contributed by atoms with E-state index in [0.717, 1.165) is 45.0 Å². The maximum atomic E-state index is 8.92. The van der Waals surface area contributed by atoms with E-state index in [2.05, 4.69) is 19.8 Å². The molecule has 1 saturated heterocycles. The van der Waals surface area contributed by atoms with Gasteiger partial charge in [-0.1, -0.05) is 0 Å². The molecule has 1 fully saturated rings. The predicted octanol–water partition coefficient (Wildman–Crippen LogP) is -0.0190. The first-order chi connectivity index (χ1) is 7.90. The lowest BCUT2D eigenvalue weighted by molar-refractivity contribution is 0.204. The molecule has 2 heterocycles. The van der Waals surface area contributed by atoms with Crippen molar-refractivity contribution < 1.29 is 5.11 Å². The van der Waals surface area contributed by atoms with Crippen molar-refractivity contribution in [2.24, 2.45) is 0 Å². The monoisotopic (exact) mass is 222 g/mol. The molecule has 5 nitrogen and oxygen atoms in total. The molecule has 1 N–H and O–H groups in total. The average Bonchev–Trinajstić information content (AvgIpc) is 2.57. The smallest absolute Gasteiger partial charge is 0.147 e. The third-order valence-electron chi connectivity index (χ3n) is 2.88. The molecule has 0 aliphatic carbocycles. The second-order valence-electron chi connectivity index (χ2n) is 3.97. The summed E-state index contributed by atoms with van der Waals surface area (Å²) in [4.78, 5) is 12.9. The van der Waals surface area contributed by atoms with E-state index in [4.69, 9.17) is 5.11 Å². The van der Waals surface area contributed by atoms with Crippen LogP contribution < -0.4 is 4.90 Å². The van der Waals surface area contributed by atoms with Gasteiger partial charge in [0.2, 0.25) is 0 Å². The van der Waals surface area contributed by atoms with Gasteiger partial charge in [-0.3, -0.25) is 9.88 Å². The standard InChI is InChI=1S/C11H18N4O/c16-9-8-14-4-1-5-15(7-6-14)11-10-12-2-3-13-11/h2-3,10,16H,1,4-9H2. The van der Waals surface area contributed by atoms with Crippen molar-refractivity contribution in [3.63, 3.8) is 0 Å². The summed E-state index contributed by atoms with van der Waals surface area (Å²) >= 11 is 0. The molecule has 88 valence electrons. The summed E-state index contributed by atoms with van der Waals surface area (Å²) < 4.78 is 0. The minimum Gasteiger partial charge on any atom is -0.395 e. The van der Waals surface area contributed by atoms with Crippen LogP contribution >= 0.6 is 0 Å². The Hall–Kier alpha value is -1.20. The second-order valence-corrected chi connectivity index (χ2v) is 3.97. The summed E-state index contributed by atoms with van der Waals surface area (Å²) in [7, 11) is 0. The Morgan fingerprint density at radius 3 is 2.88 bits per heavy atom. The zero-order chi connectivity index (χ0) is 11.2. The Morgan fingerprint density at radius 1 is 1.19 bits per heavy atom. The van der Waals surface area contributed by atoms with E-state index in [1.54, 1.807) is 12.4 Å². The predicted molar refractivity (Wildman–Crippen MR) is 62.4 cm³/mol. The Bertz CT molecular complexity index is 306. The van der Waals surface area contributed by atoms with Crippen LogP contribution in [-0.4, -0.2) is 59.3 Å². The Labute approximate surface area is 95.7 Å². The second kappa shape index (κ2) is 5.77. The summed E-state index contributed by atoms with van der Waals surface area (Å²) in [6, 6.07) is 0. The number of hydrogen-bond acceptors (Lipinski definition) is 5. The summed E-state index contributed by atoms with van der Waals surface area (Å²) in [6.07, 6.45) is 6.34. The number of aliphatic hydroxyl groups excluding tert-OH is 1. The van der Waals surface area contributed by atoms with Crippen LogP contribution in [0.25, 0.3) is 0 Å². The van der Waals surface area contributed by atoms with E-state index >= 15 is 0 Å². The van der Waals surface area contributed by atoms with Gasteiger partial charge in [0.05, 0.1) is 12.8 Å². The van der Waals surface area contributed by atoms with E-state index in [0.29, 0.717) is 0 Å². The van der Waals surface area contributed by atoms with Gasteiger partial charge >= 0.3 is 0 Å². The highest BCUT2D eigenvalue weighted by atomic mass is 16.3. The highest BCUT2D eigenvalue weighted by molar-refractivity contribution is 5.35. The van der Waals surface area contributed by atoms with E-state index in [1.165, 1.54) is 0 Å². The van der Waals surface area contributed by atoms with Crippen molar-refractivity contribution in [2.75, 3.05) is 44.2 Å². The molecular formula is C11H18N4O. The van der Waals surface area contributed by atoms with E-state index in [1.807, 2.05) is 6.20 Å². The van der Waals surface area contributed by atoms with Gasteiger partial charge in [-0.2, -0.15) is 0 Å². The minimum atomic E-state index is 0.241. The third kappa shape index (κ3) is 2.90. The largest absolute Gasteiger partial charge is 0.395 e. The number of β-amino-alcohol motifs (C(OH)–C–C–N with tert-alkyl or cyclic N) is 1. The van der Waals surface area contributed by atoms with Crippen LogP contribution in [0.1, 0.15) is 6.42 Å². The normalized spacial score (nSPS) is 18.4. The lowest BCUT2D eigenvalue weighted by Gasteiger charge is -2.21. The fraction of sp³-hybridized carbons (Fsp3) is 0.636. The number of aromatic nitrogens is 2. The lowest BCUT2D eigenvalue weighted by Crippen LogP contribution is -2.32. The minimum absolute atomic E-state index is 0.241. The molecule has 0 unspecified atom stereocenters. The highest BCUT2D eigenvalue weighted by Gasteiger charge is 2.15. The molecule has 0 radical (unpaired) electrons. The first kappa shape index (κ1) is 11.3. The molecule has 0 atom stereocenters. The maximum Gasteiger partial charge on any atom is 0.147 e. The summed E-state index contributed by atoms with van der Waals surface area (Å²) in [5, 5.41) is 8.92. The molecule has 1 aliphatic rings. The molecule has 0 saturated carbocycles. The molecule has 1 aromatic rings. The fourth-order valence-electron chi connectivity index (χ4n) is 2.02. The highest BCUT2D eigenvalue weighted by Crippen LogP contribution is 2.11. The molecule has 0 aromatic carbocycles. The van der Waals surface area contributed by atoms with Crippen LogP contribution in [0.3, 0.4) is 0 Å². The molecule has 0 bridgehead atoms. The first-order valence-electron chi connectivity index (χ1n) is 5.74. The molecule has 5 heteroatoms. The van der Waals surface area contributed by atoms with E-state index in [-0.39, 0.29) is 6.61 Å². The number of nitrogens with zero attached hydrogens (tertiary/aromatic N) is 4. The molecule has 0 amide bonds. The Morgan fingerprint density at radius 2 is 2.12 bits per heavy atom. The molecular weight excluding hydrogens is 204 g/mol. The van der Waals surface area contributed by atoms with E-state index in [9.17, 15) is 0 Å². The third-order valence-corrected chi connectivity index (χ3v) is 2.88. The fourth-order valence-corrected chi connectivity index (χ4v) is 2.02. The van der Waals surface area contributed by atoms with Gasteiger partial charge in [0.1, 0.15) is 5.82 Å². The van der Waals surface area contributed by atoms with Crippen molar-refractivity contribution >= 4 is 5.82 Å². The van der Waals surface area contributed by atoms with Crippen LogP contribution in [0, 0.1) is 0 Å². The maximum absolute atomic E-state index is 8.92. The van der Waals surface area contributed by atoms with Gasteiger partial charge in [0.15, 0.2) is 0 Å². The van der Waals surface area contributed by atoms with Crippen molar-refractivity contribution in [3.05, 3.63) is 18.6 Å². The number of rotatable bonds is 3. The quantitative estimate of drug-likeness (QED) is 0.779. The topological polar surface area (TPSA) is 52.5 Å². The van der Waals surface area contributed by atoms with Crippen LogP contribution in [0.5, 0.6) is 0 Å². The molecule has 2 rings (SSSR count). The average molecular weight is 222 g/mol. The molecule has 1 aromatic heterocycles. The van der Waals surface area contributed by atoms with Crippen LogP contribution in [0.2, 0.25) is 0 Å². The van der Waals surface area contributed by atoms with Gasteiger partial charge in [0, 0.05) is 38.6 Å². The molecule has 0 spiro atoms. The van der Waals surface area contributed by atoms with Gasteiger partial charge in [-0.05, 0) is 13.0 Å². The summed E-state index contributed by atoms with van der Waals surface area (Å²) in [5.74, 6) is 0.952. The summed E-state index contributed by atoms with van der Waals surface area (Å²) in [6.45, 7) is 5.02. The zero-order valence-electron chi connectivity index (χ0n) is 9.42. The summed E-state index contributed by atoms with van der Waals surface area (Å²) in [5.41, 5.74) is 0. The van der Waals surface area contributed by atoms with Gasteiger partial charge in [0.25, 0.3) is 0 Å². The first-order valence-corrected chi connectivity index (χ1v) is 5.74. The SMILES string of the molecule is OCCN1CCCN(c2cnccn2)CC1. The number of aliphatic hydroxyl groups is 1. The molecule has 16 heavy (non-hydrogen) atoms. The Kier molecular flexibility index (Phi) is 4.07. The van der Waals surface area contributed by atoms with Crippen LogP contribution in [0.15, 0.2) is 18.6 Å². The van der Waals surface area contributed by atoms with Gasteiger partial charge in [-0.15, -0.1) is 0 Å². The lowest BCUT2D eigenvalue weighted by atomic mass is 10.4. The number of anilines is 1. The Balaban J connectivity index is 1.94. The van der Waals surface area contributed by atoms with Gasteiger partial charge in [-0.25, -0.2) is 4.98 Å². The van der Waals surface area contributed by atoms with E-state index < -0.39 is 0 Å². The van der Waals surface area contributed by atoms with Crippen molar-refractivity contribution in [1.82, 2.24) is 14.9 Å². The zero-order valence-corrected chi connectivity index (χ0v) is 9.42.